The molecule has 0 saturated carbocycles. The first-order valence-corrected chi connectivity index (χ1v) is 51.9. The van der Waals surface area contributed by atoms with Gasteiger partial charge in [0.25, 0.3) is 0 Å². The maximum Gasteiger partial charge on any atom is 0.224 e. The predicted molar refractivity (Wildman–Crippen MR) is 594 cm³/mol. The summed E-state index contributed by atoms with van der Waals surface area (Å²) >= 11 is 0. The standard InChI is InChI=1S/C27H30NSi.C23H18NO.3C21H18N.C19H19FN/c1-19-16-20(2)21(3)26(17-19)27-25-13-12-24(18-22(25)14-15-28(27)4)29(5,6)23-10-8-7-9-11-23;1-15-11-12-19-18-9-5-6-10-20(18)25-23(19)21(15)22-17-8-4-3-7-16(17)13-14-24(22)2;1-15-18-9-5-3-7-16(18)11-12-19(15)21-20-10-6-4-8-17(20)13-14-22(21)2;1-15-11-12-16-7-3-5-9-18(16)20(15)21-19-10-6-4-8-17(19)13-14-22(21)2;1-15-13-17-8-3-4-9-18(17)14-20(15)21-19-10-6-5-7-16(19)11-12-22(21)2;1-12-9-13(2)14(3)18(10-12)19-17-6-5-16(20)11-15(17)7-8-21(19)4/h7-18H,1-6H3;3-14H,1-2H3;3*3-14H,1-2H3;5-11H,1-4H3/q6*+1. The van der Waals surface area contributed by atoms with Gasteiger partial charge in [0.2, 0.25) is 34.2 Å². The summed E-state index contributed by atoms with van der Waals surface area (Å²) in [7, 11) is 10.9. The van der Waals surface area contributed by atoms with Gasteiger partial charge in [0.05, 0.1) is 65.7 Å². The number of rotatable bonds is 8. The lowest BCUT2D eigenvalue weighted by Crippen LogP contribution is -2.52. The number of hydrogen-bond donors (Lipinski definition) is 0. The molecule has 0 unspecified atom stereocenters. The fourth-order valence-electron chi connectivity index (χ4n) is 21.1. The van der Waals surface area contributed by atoms with Crippen LogP contribution in [0.5, 0.6) is 0 Å². The van der Waals surface area contributed by atoms with Gasteiger partial charge in [0.1, 0.15) is 67.3 Å². The number of para-hydroxylation sites is 1. The van der Waals surface area contributed by atoms with Crippen LogP contribution in [-0.2, 0) is 42.3 Å². The van der Waals surface area contributed by atoms with Crippen molar-refractivity contribution in [3.05, 3.63) is 469 Å². The van der Waals surface area contributed by atoms with Crippen molar-refractivity contribution >= 4 is 137 Å². The van der Waals surface area contributed by atoms with Crippen LogP contribution in [0.1, 0.15) is 55.6 Å². The molecule has 0 aliphatic rings. The van der Waals surface area contributed by atoms with Crippen molar-refractivity contribution in [2.24, 2.45) is 42.3 Å². The Kier molecular flexibility index (Phi) is 26.5. The summed E-state index contributed by atoms with van der Waals surface area (Å²) in [6.45, 7) is 26.7. The van der Waals surface area contributed by atoms with Crippen LogP contribution in [0.3, 0.4) is 0 Å². The summed E-state index contributed by atoms with van der Waals surface area (Å²) in [4.78, 5) is 0. The van der Waals surface area contributed by atoms with Crippen molar-refractivity contribution in [1.29, 1.82) is 0 Å². The van der Waals surface area contributed by atoms with E-state index in [0.29, 0.717) is 0 Å². The monoisotopic (exact) mass is 1850 g/mol. The lowest BCUT2D eigenvalue weighted by atomic mass is 9.94. The Balaban J connectivity index is 0.000000108. The fourth-order valence-corrected chi connectivity index (χ4v) is 23.5. The Morgan fingerprint density at radius 2 is 0.560 bits per heavy atom. The minimum atomic E-state index is -1.72. The molecule has 0 radical (unpaired) electrons. The number of aromatic nitrogens is 6. The topological polar surface area (TPSA) is 36.4 Å². The minimum Gasteiger partial charge on any atom is -0.455 e. The lowest BCUT2D eigenvalue weighted by Gasteiger charge is -2.24. The molecule has 7 aromatic heterocycles. The van der Waals surface area contributed by atoms with Gasteiger partial charge in [0, 0.05) is 47.2 Å². The van der Waals surface area contributed by atoms with E-state index >= 15 is 0 Å². The maximum absolute atomic E-state index is 13.5. The van der Waals surface area contributed by atoms with Crippen molar-refractivity contribution in [3.8, 4) is 67.5 Å². The van der Waals surface area contributed by atoms with Crippen LogP contribution in [-0.4, -0.2) is 8.07 Å². The Hall–Kier alpha value is -16.1. The van der Waals surface area contributed by atoms with Crippen molar-refractivity contribution < 1.29 is 36.2 Å². The number of pyridine rings is 6. The maximum atomic E-state index is 13.5. The molecule has 17 aromatic carbocycles. The summed E-state index contributed by atoms with van der Waals surface area (Å²) in [5.74, 6) is -0.195. The molecule has 0 amide bonds. The molecule has 0 spiro atoms. The highest BCUT2D eigenvalue weighted by atomic mass is 28.3. The van der Waals surface area contributed by atoms with Gasteiger partial charge in [-0.2, -0.15) is 0 Å². The number of hydrogen-bond acceptors (Lipinski definition) is 1. The third-order valence-corrected chi connectivity index (χ3v) is 32.5. The third-order valence-electron chi connectivity index (χ3n) is 28.9. The lowest BCUT2D eigenvalue weighted by molar-refractivity contribution is -0.659. The van der Waals surface area contributed by atoms with Crippen molar-refractivity contribution in [3.63, 3.8) is 0 Å². The average molecular weight is 1850 g/mol. The highest BCUT2D eigenvalue weighted by Crippen LogP contribution is 2.42. The number of halogens is 1. The summed E-state index contributed by atoms with van der Waals surface area (Å²) in [6.07, 6.45) is 12.8. The number of aryl methyl sites for hydroxylation is 14. The largest absolute Gasteiger partial charge is 0.455 e. The molecule has 0 aliphatic carbocycles. The van der Waals surface area contributed by atoms with E-state index in [1.165, 1.54) is 231 Å². The van der Waals surface area contributed by atoms with Crippen LogP contribution >= 0.6 is 0 Å². The van der Waals surface area contributed by atoms with Gasteiger partial charge < -0.3 is 4.42 Å². The highest BCUT2D eigenvalue weighted by molar-refractivity contribution is 7.00. The van der Waals surface area contributed by atoms with E-state index in [1.54, 1.807) is 6.07 Å². The Morgan fingerprint density at radius 1 is 0.213 bits per heavy atom. The molecule has 690 valence electrons. The smallest absolute Gasteiger partial charge is 0.224 e. The number of furan rings is 1. The summed E-state index contributed by atoms with van der Waals surface area (Å²) in [6, 6.07) is 131. The highest BCUT2D eigenvalue weighted by Gasteiger charge is 2.30. The molecular weight excluding hydrogens is 1730 g/mol. The molecule has 0 bridgehead atoms. The molecule has 7 heterocycles. The van der Waals surface area contributed by atoms with Gasteiger partial charge in [0.15, 0.2) is 37.2 Å². The van der Waals surface area contributed by atoms with E-state index in [4.69, 9.17) is 4.42 Å². The molecule has 0 aliphatic heterocycles. The molecule has 141 heavy (non-hydrogen) atoms. The Labute approximate surface area is 828 Å². The number of nitrogens with zero attached hydrogens (tertiary/aromatic N) is 6. The van der Waals surface area contributed by atoms with E-state index in [9.17, 15) is 4.39 Å². The number of benzene rings is 17. The third kappa shape index (κ3) is 18.6. The molecule has 0 atom stereocenters. The van der Waals surface area contributed by atoms with Crippen LogP contribution in [0, 0.1) is 75.1 Å². The second kappa shape index (κ2) is 39.8. The SMILES string of the molecule is Cc1c(-c2c3ccccc3cc[n+]2C)ccc2ccccc12.Cc1cc(C)c(C)c(-c2c3ccc(F)cc3cc[n+]2C)c1.Cc1cc(C)c(C)c(-c2c3ccc([Si](C)(C)c4ccccc4)cc3cc[n+]2C)c1.Cc1cc2ccccc2cc1-c1c2ccccc2cc[n+]1C.Cc1ccc2c(oc3ccccc32)c1-c1c2ccccc2cc[n+]1C.Cc1ccc2ccccc2c1-c1c2ccccc2cc[n+]1C. The van der Waals surface area contributed by atoms with Crippen molar-refractivity contribution in [2.75, 3.05) is 0 Å². The van der Waals surface area contributed by atoms with E-state index < -0.39 is 8.07 Å². The van der Waals surface area contributed by atoms with Crippen LogP contribution < -0.4 is 37.8 Å². The van der Waals surface area contributed by atoms with Crippen LogP contribution in [0.25, 0.3) is 186 Å². The normalized spacial score (nSPS) is 11.4. The van der Waals surface area contributed by atoms with Gasteiger partial charge in [-0.05, 0) is 257 Å². The minimum absolute atomic E-state index is 0.195. The van der Waals surface area contributed by atoms with Gasteiger partial charge in [-0.3, -0.25) is 0 Å². The number of fused-ring (bicyclic) bond motifs is 12. The first-order valence-electron chi connectivity index (χ1n) is 48.9. The summed E-state index contributed by atoms with van der Waals surface area (Å²) in [5, 5.41) is 28.0. The van der Waals surface area contributed by atoms with Crippen LogP contribution in [0.15, 0.2) is 412 Å². The zero-order valence-corrected chi connectivity index (χ0v) is 85.2. The Bertz CT molecular complexity index is 8820. The van der Waals surface area contributed by atoms with E-state index in [2.05, 4.69) is 510 Å². The zero-order valence-electron chi connectivity index (χ0n) is 84.2. The van der Waals surface area contributed by atoms with E-state index in [1.807, 2.05) is 37.5 Å². The Morgan fingerprint density at radius 3 is 1.07 bits per heavy atom. The van der Waals surface area contributed by atoms with Gasteiger partial charge in [-0.15, -0.1) is 0 Å². The van der Waals surface area contributed by atoms with Gasteiger partial charge in [-0.25, -0.2) is 31.8 Å². The van der Waals surface area contributed by atoms with Crippen molar-refractivity contribution in [1.82, 2.24) is 0 Å². The van der Waals surface area contributed by atoms with Crippen LogP contribution in [0.4, 0.5) is 4.39 Å². The molecule has 7 nitrogen and oxygen atoms in total. The van der Waals surface area contributed by atoms with Crippen LogP contribution in [0.2, 0.25) is 13.1 Å². The molecule has 0 saturated heterocycles. The van der Waals surface area contributed by atoms with Gasteiger partial charge >= 0.3 is 0 Å². The van der Waals surface area contributed by atoms with E-state index in [-0.39, 0.29) is 5.82 Å². The molecule has 0 fully saturated rings. The zero-order chi connectivity index (χ0) is 98.2. The second-order valence-electron chi connectivity index (χ2n) is 38.7. The van der Waals surface area contributed by atoms with Crippen molar-refractivity contribution in [2.45, 2.75) is 82.3 Å². The summed E-state index contributed by atoms with van der Waals surface area (Å²) < 4.78 is 33.0. The first-order chi connectivity index (χ1) is 68.2. The molecule has 0 N–H and O–H groups in total. The van der Waals surface area contributed by atoms with E-state index in [0.717, 1.165) is 27.6 Å². The fraction of sp³-hybridized carbons (Fsp3) is 0.136. The molecule has 9 heteroatoms. The van der Waals surface area contributed by atoms with Gasteiger partial charge in [-0.1, -0.05) is 289 Å². The molecule has 24 aromatic rings. The quantitative estimate of drug-likeness (QED) is 0.110. The molecule has 24 rings (SSSR count). The summed E-state index contributed by atoms with van der Waals surface area (Å²) in [5.41, 5.74) is 30.0. The second-order valence-corrected chi connectivity index (χ2v) is 43.1. The predicted octanol–water partition coefficient (Wildman–Crippen LogP) is 29.4. The first kappa shape index (κ1) is 93.9. The molecular formula is C132H121FN6OSi+6. The average Bonchev–Trinajstić information content (AvgIpc) is 1.67.